The molecule has 3 atom stereocenters. The zero-order valence-electron chi connectivity index (χ0n) is 21.0. The number of aliphatic hydroxyl groups is 1. The highest BCUT2D eigenvalue weighted by Crippen LogP contribution is 2.37. The number of amides is 1. The van der Waals surface area contributed by atoms with Gasteiger partial charge in [0.1, 0.15) is 0 Å². The van der Waals surface area contributed by atoms with Crippen LogP contribution in [0.5, 0.6) is 11.5 Å². The van der Waals surface area contributed by atoms with E-state index in [9.17, 15) is 9.90 Å². The van der Waals surface area contributed by atoms with Gasteiger partial charge >= 0.3 is 0 Å². The molecule has 3 aromatic rings. The highest BCUT2D eigenvalue weighted by atomic mass is 35.5. The minimum Gasteiger partial charge on any atom is -0.493 e. The fourth-order valence-corrected chi connectivity index (χ4v) is 5.17. The summed E-state index contributed by atoms with van der Waals surface area (Å²) in [5, 5.41) is 13.5. The molecule has 7 heteroatoms. The third-order valence-electron chi connectivity index (χ3n) is 7.16. The minimum atomic E-state index is -1.24. The summed E-state index contributed by atoms with van der Waals surface area (Å²) in [6.45, 7) is 4.78. The van der Waals surface area contributed by atoms with Crippen molar-refractivity contribution in [3.63, 3.8) is 0 Å². The summed E-state index contributed by atoms with van der Waals surface area (Å²) in [6.07, 6.45) is -0.0275. The van der Waals surface area contributed by atoms with E-state index in [0.29, 0.717) is 30.0 Å². The maximum atomic E-state index is 13.5. The topological polar surface area (TPSA) is 62.2 Å². The van der Waals surface area contributed by atoms with Gasteiger partial charge in [-0.05, 0) is 66.4 Å². The lowest BCUT2D eigenvalue weighted by atomic mass is 9.98. The predicted octanol–water partition coefficient (Wildman–Crippen LogP) is 5.13. The van der Waals surface area contributed by atoms with Crippen molar-refractivity contribution in [1.29, 1.82) is 0 Å². The van der Waals surface area contributed by atoms with E-state index < -0.39 is 6.10 Å². The first kappa shape index (κ1) is 26.8. The third-order valence-corrected chi connectivity index (χ3v) is 7.16. The van der Waals surface area contributed by atoms with Gasteiger partial charge in [-0.2, -0.15) is 0 Å². The van der Waals surface area contributed by atoms with Crippen LogP contribution >= 0.6 is 12.4 Å². The summed E-state index contributed by atoms with van der Waals surface area (Å²) in [5.41, 5.74) is 2.71. The Morgan fingerprint density at radius 2 is 1.74 bits per heavy atom. The summed E-state index contributed by atoms with van der Waals surface area (Å²) >= 11 is 0. The van der Waals surface area contributed by atoms with Gasteiger partial charge in [-0.15, -0.1) is 12.4 Å². The molecule has 0 radical (unpaired) electrons. The van der Waals surface area contributed by atoms with Crippen LogP contribution in [-0.2, 0) is 11.2 Å². The summed E-state index contributed by atoms with van der Waals surface area (Å²) in [6, 6.07) is 18.4. The van der Waals surface area contributed by atoms with E-state index in [0.717, 1.165) is 12.0 Å². The van der Waals surface area contributed by atoms with E-state index in [-0.39, 0.29) is 30.5 Å². The van der Waals surface area contributed by atoms with Crippen molar-refractivity contribution in [2.45, 2.75) is 45.0 Å². The number of hydrogen-bond donors (Lipinski definition) is 1. The quantitative estimate of drug-likeness (QED) is 0.489. The second kappa shape index (κ2) is 11.3. The molecule has 0 spiro atoms. The average molecular weight is 499 g/mol. The number of ether oxygens (including phenoxy) is 2. The largest absolute Gasteiger partial charge is 0.493 e. The van der Waals surface area contributed by atoms with Gasteiger partial charge in [0.05, 0.1) is 20.4 Å². The lowest BCUT2D eigenvalue weighted by Gasteiger charge is -2.40. The SMILES string of the molecule is CCC(N1CCc2cc(OC)c(OC)cc2C(O)C1=O)N(C)C(C)c1cccc2ccccc12.Cl. The number of fused-ring (bicyclic) bond motifs is 2. The molecule has 6 nitrogen and oxygen atoms in total. The van der Waals surface area contributed by atoms with Crippen LogP contribution in [0.1, 0.15) is 49.1 Å². The molecule has 35 heavy (non-hydrogen) atoms. The molecule has 3 aromatic carbocycles. The van der Waals surface area contributed by atoms with Crippen LogP contribution in [0.2, 0.25) is 0 Å². The molecule has 0 saturated heterocycles. The van der Waals surface area contributed by atoms with Crippen molar-refractivity contribution in [3.05, 3.63) is 71.3 Å². The molecule has 188 valence electrons. The highest BCUT2D eigenvalue weighted by molar-refractivity contribution is 5.86. The Kier molecular flexibility index (Phi) is 8.65. The number of carbonyl (C=O) groups excluding carboxylic acids is 1. The summed E-state index contributed by atoms with van der Waals surface area (Å²) in [7, 11) is 5.20. The van der Waals surface area contributed by atoms with E-state index in [1.807, 2.05) is 17.0 Å². The lowest BCUT2D eigenvalue weighted by molar-refractivity contribution is -0.147. The van der Waals surface area contributed by atoms with Crippen LogP contribution in [0.4, 0.5) is 0 Å². The maximum absolute atomic E-state index is 13.5. The number of hydrogen-bond acceptors (Lipinski definition) is 5. The number of methoxy groups -OCH3 is 2. The molecule has 0 aromatic heterocycles. The van der Waals surface area contributed by atoms with E-state index in [1.54, 1.807) is 20.3 Å². The van der Waals surface area contributed by atoms with Gasteiger partial charge in [-0.25, -0.2) is 0 Å². The van der Waals surface area contributed by atoms with Crippen molar-refractivity contribution in [1.82, 2.24) is 9.80 Å². The van der Waals surface area contributed by atoms with Gasteiger partial charge in [0.25, 0.3) is 5.91 Å². The molecule has 1 aliphatic rings. The van der Waals surface area contributed by atoms with Gasteiger partial charge in [0.2, 0.25) is 0 Å². The highest BCUT2D eigenvalue weighted by Gasteiger charge is 2.36. The molecule has 0 fully saturated rings. The van der Waals surface area contributed by atoms with Crippen LogP contribution in [0, 0.1) is 0 Å². The molecule has 0 saturated carbocycles. The average Bonchev–Trinajstić information content (AvgIpc) is 2.99. The first-order valence-corrected chi connectivity index (χ1v) is 11.8. The van der Waals surface area contributed by atoms with Gasteiger partial charge < -0.3 is 19.5 Å². The number of nitrogens with zero attached hydrogens (tertiary/aromatic N) is 2. The molecule has 3 unspecified atom stereocenters. The third kappa shape index (κ3) is 4.96. The van der Waals surface area contributed by atoms with E-state index in [2.05, 4.69) is 62.2 Å². The maximum Gasteiger partial charge on any atom is 0.257 e. The fourth-order valence-electron chi connectivity index (χ4n) is 5.17. The van der Waals surface area contributed by atoms with Crippen LogP contribution in [0.25, 0.3) is 10.8 Å². The molecule has 4 rings (SSSR count). The fraction of sp³-hybridized carbons (Fsp3) is 0.393. The van der Waals surface area contributed by atoms with Crippen molar-refractivity contribution in [3.8, 4) is 11.5 Å². The van der Waals surface area contributed by atoms with Crippen molar-refractivity contribution >= 4 is 29.1 Å². The molecular formula is C28H35ClN2O4. The first-order valence-electron chi connectivity index (χ1n) is 11.8. The van der Waals surface area contributed by atoms with Gasteiger partial charge in [0.15, 0.2) is 17.6 Å². The Hall–Kier alpha value is -2.80. The predicted molar refractivity (Wildman–Crippen MR) is 141 cm³/mol. The minimum absolute atomic E-state index is 0. The molecule has 1 amide bonds. The van der Waals surface area contributed by atoms with Crippen LogP contribution in [-0.4, -0.2) is 54.8 Å². The number of halogens is 1. The Morgan fingerprint density at radius 1 is 1.09 bits per heavy atom. The number of carbonyl (C=O) groups is 1. The second-order valence-electron chi connectivity index (χ2n) is 8.89. The normalized spacial score (nSPS) is 17.4. The molecule has 1 aliphatic heterocycles. The van der Waals surface area contributed by atoms with E-state index in [4.69, 9.17) is 9.47 Å². The monoisotopic (exact) mass is 498 g/mol. The first-order chi connectivity index (χ1) is 16.4. The van der Waals surface area contributed by atoms with E-state index in [1.165, 1.54) is 16.3 Å². The molecule has 0 aliphatic carbocycles. The Labute approximate surface area is 213 Å². The summed E-state index contributed by atoms with van der Waals surface area (Å²) in [5.74, 6) is 0.827. The van der Waals surface area contributed by atoms with Crippen molar-refractivity contribution < 1.29 is 19.4 Å². The Balaban J connectivity index is 0.00000342. The summed E-state index contributed by atoms with van der Waals surface area (Å²) < 4.78 is 10.8. The molecule has 1 heterocycles. The standard InChI is InChI=1S/C28H34N2O4.ClH/c1-6-26(29(3)18(2)21-13-9-11-19-10-7-8-12-22(19)21)30-15-14-20-16-24(33-4)25(34-5)17-23(20)27(31)28(30)32;/h7-13,16-18,26-27,31H,6,14-15H2,1-5H3;1H. The van der Waals surface area contributed by atoms with Crippen molar-refractivity contribution in [2.24, 2.45) is 0 Å². The molecule has 1 N–H and O–H groups in total. The van der Waals surface area contributed by atoms with Crippen LogP contribution < -0.4 is 9.47 Å². The van der Waals surface area contributed by atoms with E-state index >= 15 is 0 Å². The van der Waals surface area contributed by atoms with Gasteiger partial charge in [-0.3, -0.25) is 9.69 Å². The lowest BCUT2D eigenvalue weighted by Crippen LogP contribution is -2.51. The molecular weight excluding hydrogens is 464 g/mol. The number of rotatable bonds is 7. The zero-order valence-corrected chi connectivity index (χ0v) is 21.8. The summed E-state index contributed by atoms with van der Waals surface area (Å²) in [4.78, 5) is 17.6. The number of benzene rings is 3. The van der Waals surface area contributed by atoms with Crippen LogP contribution in [0.3, 0.4) is 0 Å². The Bertz CT molecular complexity index is 1180. The second-order valence-corrected chi connectivity index (χ2v) is 8.89. The molecule has 0 bridgehead atoms. The smallest absolute Gasteiger partial charge is 0.257 e. The van der Waals surface area contributed by atoms with Crippen molar-refractivity contribution in [2.75, 3.05) is 27.8 Å². The Morgan fingerprint density at radius 3 is 2.43 bits per heavy atom. The van der Waals surface area contributed by atoms with Gasteiger partial charge in [0, 0.05) is 12.6 Å². The number of aliphatic hydroxyl groups excluding tert-OH is 1. The zero-order chi connectivity index (χ0) is 24.4. The van der Waals surface area contributed by atoms with Gasteiger partial charge in [-0.1, -0.05) is 49.4 Å². The van der Waals surface area contributed by atoms with Crippen LogP contribution in [0.15, 0.2) is 54.6 Å².